The molecular weight excluding hydrogens is 472 g/mol. The van der Waals surface area contributed by atoms with Crippen molar-refractivity contribution in [1.82, 2.24) is 19.5 Å². The van der Waals surface area contributed by atoms with Gasteiger partial charge in [0.2, 0.25) is 15.0 Å². The molecule has 0 radical (unpaired) electrons. The van der Waals surface area contributed by atoms with Crippen molar-refractivity contribution in [1.29, 1.82) is 0 Å². The zero-order chi connectivity index (χ0) is 16.8. The fourth-order valence-corrected chi connectivity index (χ4v) is 4.86. The average Bonchev–Trinajstić information content (AvgIpc) is 3.21. The summed E-state index contributed by atoms with van der Waals surface area (Å²) in [5, 5.41) is 7.45. The van der Waals surface area contributed by atoms with E-state index in [1.165, 1.54) is 0 Å². The minimum Gasteiger partial charge on any atom is -0.323 e. The van der Waals surface area contributed by atoms with Crippen molar-refractivity contribution >= 4 is 61.5 Å². The molecule has 2 aromatic heterocycles. The van der Waals surface area contributed by atoms with E-state index in [0.29, 0.717) is 18.0 Å². The minimum atomic E-state index is -3.54. The first-order valence-corrected chi connectivity index (χ1v) is 13.1. The van der Waals surface area contributed by atoms with Crippen LogP contribution in [-0.4, -0.2) is 34.2 Å². The summed E-state index contributed by atoms with van der Waals surface area (Å²) >= 11 is 8.47. The van der Waals surface area contributed by atoms with E-state index in [1.807, 2.05) is 17.4 Å². The van der Waals surface area contributed by atoms with Crippen molar-refractivity contribution in [3.05, 3.63) is 22.5 Å². The van der Waals surface area contributed by atoms with E-state index < -0.39 is 9.84 Å². The highest BCUT2D eigenvalue weighted by Gasteiger charge is 2.32. The van der Waals surface area contributed by atoms with Crippen molar-refractivity contribution in [3.63, 3.8) is 0 Å². The number of sulfone groups is 1. The highest BCUT2D eigenvalue weighted by atomic mass is 127. The molecule has 0 bridgehead atoms. The number of nitrogens with zero attached hydrogens (tertiary/aromatic N) is 4. The van der Waals surface area contributed by atoms with E-state index >= 15 is 0 Å². The molecule has 1 aliphatic carbocycles. The normalized spacial score (nSPS) is 15.5. The third-order valence-electron chi connectivity index (χ3n) is 3.41. The molecule has 2 heterocycles. The second-order valence-corrected chi connectivity index (χ2v) is 9.71. The van der Waals surface area contributed by atoms with Gasteiger partial charge in [-0.15, -0.1) is 0 Å². The predicted molar refractivity (Wildman–Crippen MR) is 100 cm³/mol. The van der Waals surface area contributed by atoms with Gasteiger partial charge in [0.25, 0.3) is 0 Å². The van der Waals surface area contributed by atoms with Gasteiger partial charge < -0.3 is 5.32 Å². The first-order valence-electron chi connectivity index (χ1n) is 6.77. The molecule has 11 heteroatoms. The number of rotatable bonds is 5. The summed E-state index contributed by atoms with van der Waals surface area (Å²) in [6, 6.07) is 1.89. The highest BCUT2D eigenvalue weighted by molar-refractivity contribution is 14.2. The lowest BCUT2D eigenvalue weighted by atomic mass is 10.2. The molecule has 23 heavy (non-hydrogen) atoms. The van der Waals surface area contributed by atoms with Gasteiger partial charge in [-0.3, -0.25) is 0 Å². The van der Waals surface area contributed by atoms with Crippen LogP contribution >= 0.6 is 40.0 Å². The molecule has 0 aliphatic heterocycles. The van der Waals surface area contributed by atoms with Gasteiger partial charge in [-0.05, 0) is 47.7 Å². The average molecular weight is 486 g/mol. The first kappa shape index (κ1) is 17.3. The molecule has 1 fully saturated rings. The van der Waals surface area contributed by atoms with Gasteiger partial charge in [-0.25, -0.2) is 22.8 Å². The third kappa shape index (κ3) is 3.78. The van der Waals surface area contributed by atoms with Gasteiger partial charge in [0.15, 0.2) is 5.82 Å². The maximum absolute atomic E-state index is 11.8. The number of aromatic nitrogens is 4. The molecule has 1 unspecified atom stereocenters. The molecule has 0 aromatic carbocycles. The van der Waals surface area contributed by atoms with Crippen LogP contribution in [0.25, 0.3) is 0 Å². The van der Waals surface area contributed by atoms with Gasteiger partial charge in [0.1, 0.15) is 11.0 Å². The summed E-state index contributed by atoms with van der Waals surface area (Å²) in [5.41, 5.74) is 1.78. The fourth-order valence-electron chi connectivity index (χ4n) is 2.16. The summed E-state index contributed by atoms with van der Waals surface area (Å²) in [5.74, 6) is 1.31. The van der Waals surface area contributed by atoms with Crippen LogP contribution in [0.1, 0.15) is 30.0 Å². The maximum Gasteiger partial charge on any atom is 0.250 e. The van der Waals surface area contributed by atoms with Crippen LogP contribution in [0.5, 0.6) is 0 Å². The molecular formula is C12H14ClIN5O2PS. The van der Waals surface area contributed by atoms with Crippen LogP contribution in [0.4, 0.5) is 11.6 Å². The van der Waals surface area contributed by atoms with Gasteiger partial charge in [0.05, 0.1) is 6.37 Å². The Balaban J connectivity index is 2.06. The van der Waals surface area contributed by atoms with Crippen molar-refractivity contribution in [2.45, 2.75) is 30.8 Å². The van der Waals surface area contributed by atoms with Gasteiger partial charge in [-0.1, -0.05) is 11.6 Å². The summed E-state index contributed by atoms with van der Waals surface area (Å²) in [6.45, 7) is 1.96. The molecule has 1 saturated carbocycles. The molecule has 124 valence electrons. The number of halogens is 2. The Morgan fingerprint density at radius 3 is 2.65 bits per heavy atom. The number of anilines is 2. The number of nitrogens with one attached hydrogen (secondary N) is 1. The smallest absolute Gasteiger partial charge is 0.250 e. The Labute approximate surface area is 153 Å². The Kier molecular flexibility index (Phi) is 4.83. The minimum absolute atomic E-state index is 0.192. The standard InChI is InChI=1S/C12H14ClIN5O2PS/c1-6-5-8(18-19(6)22-14)15-11-9(7-3-4-7)10(13)16-12(17-11)23(2,20)21/h5,7,22H,3-4H2,1-2H3,(H,15,16,17,18). The van der Waals surface area contributed by atoms with Crippen molar-refractivity contribution < 1.29 is 8.42 Å². The molecule has 0 amide bonds. The van der Waals surface area contributed by atoms with E-state index in [0.717, 1.165) is 30.4 Å². The fraction of sp³-hybridized carbons (Fsp3) is 0.417. The lowest BCUT2D eigenvalue weighted by Gasteiger charge is -2.11. The largest absolute Gasteiger partial charge is 0.323 e. The monoisotopic (exact) mass is 485 g/mol. The zero-order valence-corrected chi connectivity index (χ0v) is 17.1. The van der Waals surface area contributed by atoms with Crippen LogP contribution < -0.4 is 5.32 Å². The summed E-state index contributed by atoms with van der Waals surface area (Å²) < 4.78 is 25.4. The van der Waals surface area contributed by atoms with Crippen molar-refractivity contribution in [2.75, 3.05) is 11.6 Å². The number of hydrogen-bond acceptors (Lipinski definition) is 6. The molecule has 0 saturated heterocycles. The highest BCUT2D eigenvalue weighted by Crippen LogP contribution is 2.46. The molecule has 2 aromatic rings. The molecule has 1 N–H and O–H groups in total. The SMILES string of the molecule is Cc1cc(Nc2nc(S(C)(=O)=O)nc(Cl)c2C2CC2)nn1PI. The maximum atomic E-state index is 11.8. The van der Waals surface area contributed by atoms with Crippen LogP contribution in [0.15, 0.2) is 11.2 Å². The zero-order valence-electron chi connectivity index (χ0n) is 12.3. The Morgan fingerprint density at radius 1 is 1.43 bits per heavy atom. The molecule has 0 spiro atoms. The Hall–Kier alpha value is -0.510. The van der Waals surface area contributed by atoms with E-state index in [-0.39, 0.29) is 16.2 Å². The quantitative estimate of drug-likeness (QED) is 0.302. The topological polar surface area (TPSA) is 89.8 Å². The predicted octanol–water partition coefficient (Wildman–Crippen LogP) is 3.45. The molecule has 1 aliphatic rings. The van der Waals surface area contributed by atoms with Gasteiger partial charge in [0, 0.05) is 23.6 Å². The van der Waals surface area contributed by atoms with E-state index in [1.54, 1.807) is 0 Å². The van der Waals surface area contributed by atoms with Crippen molar-refractivity contribution in [3.8, 4) is 0 Å². The summed E-state index contributed by atoms with van der Waals surface area (Å²) in [7, 11) is -3.54. The van der Waals surface area contributed by atoms with E-state index in [2.05, 4.69) is 42.4 Å². The number of aryl methyl sites for hydroxylation is 1. The molecule has 1 atom stereocenters. The van der Waals surface area contributed by atoms with E-state index in [4.69, 9.17) is 11.6 Å². The molecule has 3 rings (SSSR count). The van der Waals surface area contributed by atoms with Crippen molar-refractivity contribution in [2.24, 2.45) is 0 Å². The Morgan fingerprint density at radius 2 is 2.13 bits per heavy atom. The van der Waals surface area contributed by atoms with Crippen LogP contribution in [0, 0.1) is 6.92 Å². The summed E-state index contributed by atoms with van der Waals surface area (Å²) in [4.78, 5) is 8.13. The summed E-state index contributed by atoms with van der Waals surface area (Å²) in [6.07, 6.45) is 3.54. The lowest BCUT2D eigenvalue weighted by Crippen LogP contribution is -2.09. The van der Waals surface area contributed by atoms with Crippen LogP contribution in [0.2, 0.25) is 5.15 Å². The van der Waals surface area contributed by atoms with Crippen LogP contribution in [0.3, 0.4) is 0 Å². The van der Waals surface area contributed by atoms with E-state index in [9.17, 15) is 8.42 Å². The second-order valence-electron chi connectivity index (χ2n) is 5.40. The van der Waals surface area contributed by atoms with Crippen LogP contribution in [-0.2, 0) is 9.84 Å². The van der Waals surface area contributed by atoms with Gasteiger partial charge >= 0.3 is 0 Å². The number of hydrogen-bond donors (Lipinski definition) is 1. The Bertz CT molecular complexity index is 869. The molecule has 7 nitrogen and oxygen atoms in total. The lowest BCUT2D eigenvalue weighted by molar-refractivity contribution is 0.593. The van der Waals surface area contributed by atoms with Gasteiger partial charge in [-0.2, -0.15) is 5.10 Å². The first-order chi connectivity index (χ1) is 10.8. The third-order valence-corrected chi connectivity index (χ3v) is 6.53. The second kappa shape index (κ2) is 6.42.